The normalized spacial score (nSPS) is 14.4. The maximum absolute atomic E-state index is 12.9. The first-order valence-electron chi connectivity index (χ1n) is 26.4. The summed E-state index contributed by atoms with van der Waals surface area (Å²) >= 11 is 0. The van der Waals surface area contributed by atoms with Gasteiger partial charge >= 0.3 is 25.7 Å². The second-order valence-corrected chi connectivity index (χ2v) is 18.4. The highest BCUT2D eigenvalue weighted by molar-refractivity contribution is 7.47. The van der Waals surface area contributed by atoms with Crippen LogP contribution >= 0.6 is 7.82 Å². The Morgan fingerprint density at radius 3 is 1.17 bits per heavy atom. The summed E-state index contributed by atoms with van der Waals surface area (Å²) in [7, 11) is -4.77. The molecule has 0 aromatic carbocycles. The predicted octanol–water partition coefficient (Wildman–Crippen LogP) is 15.2. The molecule has 3 unspecified atom stereocenters. The van der Waals surface area contributed by atoms with Gasteiger partial charge in [-0.1, -0.05) is 168 Å². The van der Waals surface area contributed by atoms with Crippen LogP contribution in [0.15, 0.2) is 122 Å². The van der Waals surface area contributed by atoms with E-state index in [1.807, 2.05) is 0 Å². The fraction of sp³-hybridized carbons (Fsp3) is 0.603. The molecule has 396 valence electrons. The van der Waals surface area contributed by atoms with E-state index in [0.29, 0.717) is 19.3 Å². The van der Waals surface area contributed by atoms with Crippen molar-refractivity contribution in [3.8, 4) is 0 Å². The zero-order valence-electron chi connectivity index (χ0n) is 43.4. The molecule has 0 amide bonds. The first-order chi connectivity index (χ1) is 34.2. The van der Waals surface area contributed by atoms with Crippen LogP contribution in [0.25, 0.3) is 0 Å². The van der Waals surface area contributed by atoms with Crippen molar-refractivity contribution in [3.05, 3.63) is 122 Å². The fourth-order valence-electron chi connectivity index (χ4n) is 6.37. The summed E-state index contributed by atoms with van der Waals surface area (Å²) in [6.45, 7) is 4.20. The van der Waals surface area contributed by atoms with Gasteiger partial charge in [0.2, 0.25) is 0 Å². The van der Waals surface area contributed by atoms with Crippen LogP contribution in [0.4, 0.5) is 0 Å². The van der Waals surface area contributed by atoms with Crippen LogP contribution < -0.4 is 0 Å². The maximum atomic E-state index is 12.9. The Labute approximate surface area is 424 Å². The van der Waals surface area contributed by atoms with Crippen molar-refractivity contribution in [1.82, 2.24) is 0 Å². The summed E-state index contributed by atoms with van der Waals surface area (Å²) in [6, 6.07) is 0. The van der Waals surface area contributed by atoms with Crippen molar-refractivity contribution in [2.24, 2.45) is 0 Å². The third kappa shape index (κ3) is 48.9. The van der Waals surface area contributed by atoms with Crippen molar-refractivity contribution in [1.29, 1.82) is 0 Å². The molecule has 0 heterocycles. The van der Waals surface area contributed by atoms with Crippen LogP contribution in [0, 0.1) is 0 Å². The second kappa shape index (κ2) is 51.2. The highest BCUT2D eigenvalue weighted by atomic mass is 31.2. The van der Waals surface area contributed by atoms with Gasteiger partial charge in [0, 0.05) is 19.3 Å². The molecule has 70 heavy (non-hydrogen) atoms. The topological polar surface area (TPSA) is 155 Å². The zero-order valence-corrected chi connectivity index (χ0v) is 44.3. The number of aliphatic hydroxyl groups excluding tert-OH is 1. The molecule has 0 aliphatic carbocycles. The molecule has 0 radical (unpaired) electrons. The Kier molecular flexibility index (Phi) is 48.2. The first-order valence-corrected chi connectivity index (χ1v) is 27.9. The van der Waals surface area contributed by atoms with Gasteiger partial charge in [-0.15, -0.1) is 0 Å². The highest BCUT2D eigenvalue weighted by Gasteiger charge is 2.28. The maximum Gasteiger partial charge on any atom is 0.472 e. The van der Waals surface area contributed by atoms with Crippen LogP contribution in [-0.2, 0) is 42.2 Å². The molecule has 0 aromatic heterocycles. The zero-order chi connectivity index (χ0) is 51.3. The standard InChI is InChI=1S/C58H93O11P/c1-4-7-10-13-16-19-22-25-27-30-32-35-38-41-44-47-56(60)65-51-55(69-58(62)49-46-43-40-37-34-31-28-26-23-20-17-14-11-8-5-2)53-67-70(63,64)66-52-54(50-59)68-57(61)48-45-42-39-36-33-29-24-21-18-15-12-9-6-3/h7-8,10-12,15-17,19-21,24-28,32,34-35,37,54-55,59H,4-6,9,13-14,18,22-23,29-31,33,36,38-53H2,1-3H3,(H,63,64)/b10-7-,11-8-,15-12-,19-16-,20-17-,24-21-,27-25-,28-26-,35-32-,37-34-. The van der Waals surface area contributed by atoms with Crippen LogP contribution in [0.1, 0.15) is 188 Å². The number of carbonyl (C=O) groups excluding carboxylic acids is 3. The van der Waals surface area contributed by atoms with E-state index in [9.17, 15) is 28.9 Å². The Bertz CT molecular complexity index is 1630. The largest absolute Gasteiger partial charge is 0.472 e. The summed E-state index contributed by atoms with van der Waals surface area (Å²) in [4.78, 5) is 48.3. The number of hydrogen-bond acceptors (Lipinski definition) is 10. The lowest BCUT2D eigenvalue weighted by atomic mass is 10.1. The second-order valence-electron chi connectivity index (χ2n) is 16.9. The van der Waals surface area contributed by atoms with E-state index in [1.54, 1.807) is 0 Å². The van der Waals surface area contributed by atoms with Crippen LogP contribution in [0.3, 0.4) is 0 Å². The lowest BCUT2D eigenvalue weighted by molar-refractivity contribution is -0.161. The van der Waals surface area contributed by atoms with Gasteiger partial charge in [-0.2, -0.15) is 0 Å². The van der Waals surface area contributed by atoms with E-state index in [0.717, 1.165) is 128 Å². The Balaban J connectivity index is 4.90. The number of esters is 3. The molecule has 0 saturated heterocycles. The number of hydrogen-bond donors (Lipinski definition) is 2. The number of ether oxygens (including phenoxy) is 3. The molecule has 0 rings (SSSR count). The molecular formula is C58H93O11P. The van der Waals surface area contributed by atoms with E-state index < -0.39 is 57.8 Å². The molecule has 0 aliphatic rings. The summed E-state index contributed by atoms with van der Waals surface area (Å²) in [6.07, 6.45) is 61.7. The lowest BCUT2D eigenvalue weighted by Gasteiger charge is -2.21. The van der Waals surface area contributed by atoms with E-state index >= 15 is 0 Å². The first kappa shape index (κ1) is 65.9. The molecule has 0 spiro atoms. The molecule has 0 bridgehead atoms. The number of aliphatic hydroxyl groups is 1. The smallest absolute Gasteiger partial charge is 0.462 e. The Morgan fingerprint density at radius 1 is 0.414 bits per heavy atom. The van der Waals surface area contributed by atoms with Crippen LogP contribution in [0.5, 0.6) is 0 Å². The molecule has 0 aromatic rings. The van der Waals surface area contributed by atoms with Crippen molar-refractivity contribution in [2.75, 3.05) is 26.4 Å². The van der Waals surface area contributed by atoms with Gasteiger partial charge in [0.05, 0.1) is 19.8 Å². The average molecular weight is 997 g/mol. The monoisotopic (exact) mass is 997 g/mol. The van der Waals surface area contributed by atoms with Crippen LogP contribution in [-0.4, -0.2) is 66.5 Å². The minimum Gasteiger partial charge on any atom is -0.462 e. The van der Waals surface area contributed by atoms with E-state index in [-0.39, 0.29) is 25.9 Å². The van der Waals surface area contributed by atoms with Gasteiger partial charge in [0.15, 0.2) is 6.10 Å². The van der Waals surface area contributed by atoms with Gasteiger partial charge in [-0.3, -0.25) is 23.4 Å². The highest BCUT2D eigenvalue weighted by Crippen LogP contribution is 2.43. The van der Waals surface area contributed by atoms with E-state index in [2.05, 4.69) is 142 Å². The van der Waals surface area contributed by atoms with Gasteiger partial charge in [0.1, 0.15) is 12.7 Å². The molecular weight excluding hydrogens is 904 g/mol. The molecule has 3 atom stereocenters. The number of carbonyl (C=O) groups is 3. The SMILES string of the molecule is CC/C=C\C/C=C\C/C=C\C/C=C\CCCCC(=O)OCC(COP(=O)(O)OCC(CO)OC(=O)CCCCCCC/C=C\C/C=C\CCC)OC(=O)CCCC/C=C\C/C=C\C/C=C\C/C=C\CC. The summed E-state index contributed by atoms with van der Waals surface area (Å²) in [5, 5.41) is 9.78. The lowest BCUT2D eigenvalue weighted by Crippen LogP contribution is -2.30. The molecule has 12 heteroatoms. The summed E-state index contributed by atoms with van der Waals surface area (Å²) in [5.41, 5.74) is 0. The van der Waals surface area contributed by atoms with Crippen molar-refractivity contribution >= 4 is 25.7 Å². The fourth-order valence-corrected chi connectivity index (χ4v) is 7.16. The van der Waals surface area contributed by atoms with Crippen LogP contribution in [0.2, 0.25) is 0 Å². The van der Waals surface area contributed by atoms with Gasteiger partial charge in [-0.05, 0) is 122 Å². The number of unbranched alkanes of at least 4 members (excludes halogenated alkanes) is 10. The summed E-state index contributed by atoms with van der Waals surface area (Å²) < 4.78 is 39.3. The minimum absolute atomic E-state index is 0.0984. The third-order valence-electron chi connectivity index (χ3n) is 10.3. The molecule has 11 nitrogen and oxygen atoms in total. The molecule has 0 fully saturated rings. The van der Waals surface area contributed by atoms with Crippen molar-refractivity contribution in [2.45, 2.75) is 200 Å². The van der Waals surface area contributed by atoms with Gasteiger partial charge in [0.25, 0.3) is 0 Å². The Hall–Kier alpha value is -4.12. The van der Waals surface area contributed by atoms with Crippen molar-refractivity contribution in [3.63, 3.8) is 0 Å². The molecule has 2 N–H and O–H groups in total. The average Bonchev–Trinajstić information content (AvgIpc) is 3.35. The molecule has 0 saturated carbocycles. The van der Waals surface area contributed by atoms with Gasteiger partial charge in [-0.25, -0.2) is 4.57 Å². The number of rotatable bonds is 47. The number of allylic oxidation sites excluding steroid dienone is 20. The minimum atomic E-state index is -4.77. The van der Waals surface area contributed by atoms with E-state index in [4.69, 9.17) is 23.3 Å². The Morgan fingerprint density at radius 2 is 0.743 bits per heavy atom. The third-order valence-corrected chi connectivity index (χ3v) is 11.3. The number of phosphoric ester groups is 1. The van der Waals surface area contributed by atoms with Crippen molar-refractivity contribution < 1.29 is 52.2 Å². The van der Waals surface area contributed by atoms with Gasteiger partial charge < -0.3 is 24.2 Å². The summed E-state index contributed by atoms with van der Waals surface area (Å²) in [5.74, 6) is -1.60. The van der Waals surface area contributed by atoms with E-state index in [1.165, 1.54) is 0 Å². The quantitative estimate of drug-likeness (QED) is 0.0197. The predicted molar refractivity (Wildman–Crippen MR) is 288 cm³/mol. The molecule has 0 aliphatic heterocycles. The number of phosphoric acid groups is 1.